The molecule has 3 rings (SSSR count). The van der Waals surface area contributed by atoms with Gasteiger partial charge in [-0.25, -0.2) is 0 Å². The van der Waals surface area contributed by atoms with Gasteiger partial charge in [0, 0.05) is 12.0 Å². The lowest BCUT2D eigenvalue weighted by Gasteiger charge is -2.09. The van der Waals surface area contributed by atoms with Gasteiger partial charge in [-0.05, 0) is 22.8 Å². The third-order valence-electron chi connectivity index (χ3n) is 3.02. The first-order chi connectivity index (χ1) is 8.25. The Morgan fingerprint density at radius 2 is 1.71 bits per heavy atom. The maximum Gasteiger partial charge on any atom is 0.387 e. The zero-order valence-corrected chi connectivity index (χ0v) is 8.99. The summed E-state index contributed by atoms with van der Waals surface area (Å²) in [6, 6.07) is 13.2. The maximum absolute atomic E-state index is 12.3. The van der Waals surface area contributed by atoms with Crippen molar-refractivity contribution in [3.63, 3.8) is 0 Å². The van der Waals surface area contributed by atoms with Crippen molar-refractivity contribution in [2.45, 2.75) is 13.0 Å². The predicted molar refractivity (Wildman–Crippen MR) is 61.3 cm³/mol. The molecule has 0 amide bonds. The van der Waals surface area contributed by atoms with Gasteiger partial charge in [0.25, 0.3) is 0 Å². The molecule has 0 N–H and O–H groups in total. The monoisotopic (exact) mass is 232 g/mol. The topological polar surface area (TPSA) is 9.23 Å². The highest BCUT2D eigenvalue weighted by Gasteiger charge is 2.22. The van der Waals surface area contributed by atoms with Crippen molar-refractivity contribution in [1.29, 1.82) is 0 Å². The number of hydrogen-bond donors (Lipinski definition) is 0. The van der Waals surface area contributed by atoms with E-state index in [4.69, 9.17) is 0 Å². The molecule has 2 aromatic rings. The van der Waals surface area contributed by atoms with Gasteiger partial charge >= 0.3 is 6.61 Å². The molecule has 2 aromatic carbocycles. The third kappa shape index (κ3) is 1.68. The second-order valence-corrected chi connectivity index (χ2v) is 3.99. The van der Waals surface area contributed by atoms with E-state index in [9.17, 15) is 8.78 Å². The van der Waals surface area contributed by atoms with Crippen LogP contribution in [0.2, 0.25) is 0 Å². The number of halogens is 2. The van der Waals surface area contributed by atoms with E-state index >= 15 is 0 Å². The summed E-state index contributed by atoms with van der Waals surface area (Å²) in [6.07, 6.45) is 0.661. The fraction of sp³-hybridized carbons (Fsp3) is 0.143. The van der Waals surface area contributed by atoms with E-state index in [0.717, 1.165) is 22.3 Å². The summed E-state index contributed by atoms with van der Waals surface area (Å²) in [4.78, 5) is 0. The molecule has 0 saturated heterocycles. The second kappa shape index (κ2) is 3.84. The van der Waals surface area contributed by atoms with E-state index in [0.29, 0.717) is 6.42 Å². The summed E-state index contributed by atoms with van der Waals surface area (Å²) in [5.74, 6) is 0.286. The van der Waals surface area contributed by atoms with Crippen LogP contribution in [0.4, 0.5) is 8.78 Å². The Kier molecular flexibility index (Phi) is 2.32. The zero-order chi connectivity index (χ0) is 11.8. The standard InChI is InChI=1S/C14H10F2O/c15-14(16)17-13-7-3-6-11-10-5-2-1-4-9(10)8-12(11)13/h1-7,14H,8H2. The van der Waals surface area contributed by atoms with E-state index in [2.05, 4.69) is 4.74 Å². The van der Waals surface area contributed by atoms with Gasteiger partial charge in [0.15, 0.2) is 0 Å². The number of fused-ring (bicyclic) bond motifs is 3. The van der Waals surface area contributed by atoms with Crippen molar-refractivity contribution < 1.29 is 13.5 Å². The molecular formula is C14H10F2O. The van der Waals surface area contributed by atoms with Crippen LogP contribution in [0.25, 0.3) is 11.1 Å². The molecule has 0 bridgehead atoms. The maximum atomic E-state index is 12.3. The first-order valence-electron chi connectivity index (χ1n) is 5.40. The molecule has 3 heteroatoms. The molecular weight excluding hydrogens is 222 g/mol. The number of alkyl halides is 2. The van der Waals surface area contributed by atoms with Gasteiger partial charge in [0.1, 0.15) is 5.75 Å². The smallest absolute Gasteiger partial charge is 0.387 e. The zero-order valence-electron chi connectivity index (χ0n) is 8.99. The Bertz CT molecular complexity index is 564. The van der Waals surface area contributed by atoms with Gasteiger partial charge in [0.2, 0.25) is 0 Å². The van der Waals surface area contributed by atoms with Crippen LogP contribution in [-0.4, -0.2) is 6.61 Å². The fourth-order valence-electron chi connectivity index (χ4n) is 2.33. The van der Waals surface area contributed by atoms with Crippen LogP contribution >= 0.6 is 0 Å². The van der Waals surface area contributed by atoms with E-state index in [1.807, 2.05) is 30.3 Å². The minimum absolute atomic E-state index is 0.286. The Balaban J connectivity index is 2.11. The molecule has 0 spiro atoms. The molecule has 0 saturated carbocycles. The van der Waals surface area contributed by atoms with Gasteiger partial charge in [-0.15, -0.1) is 0 Å². The molecule has 0 fully saturated rings. The molecule has 0 unspecified atom stereocenters. The summed E-state index contributed by atoms with van der Waals surface area (Å²) in [6.45, 7) is -2.77. The minimum atomic E-state index is -2.77. The Labute approximate surface area is 97.7 Å². The minimum Gasteiger partial charge on any atom is -0.435 e. The van der Waals surface area contributed by atoms with Crippen LogP contribution in [0.1, 0.15) is 11.1 Å². The largest absolute Gasteiger partial charge is 0.435 e. The Hall–Kier alpha value is -1.90. The van der Waals surface area contributed by atoms with Crippen LogP contribution in [-0.2, 0) is 6.42 Å². The Morgan fingerprint density at radius 3 is 2.53 bits per heavy atom. The molecule has 1 aliphatic rings. The molecule has 0 heterocycles. The number of hydrogen-bond acceptors (Lipinski definition) is 1. The normalized spacial score (nSPS) is 12.4. The van der Waals surface area contributed by atoms with Crippen molar-refractivity contribution in [1.82, 2.24) is 0 Å². The average molecular weight is 232 g/mol. The van der Waals surface area contributed by atoms with Crippen LogP contribution in [0.3, 0.4) is 0 Å². The highest BCUT2D eigenvalue weighted by atomic mass is 19.3. The van der Waals surface area contributed by atoms with Crippen molar-refractivity contribution in [3.8, 4) is 16.9 Å². The van der Waals surface area contributed by atoms with Crippen LogP contribution in [0, 0.1) is 0 Å². The molecule has 86 valence electrons. The average Bonchev–Trinajstić information content (AvgIpc) is 2.68. The Morgan fingerprint density at radius 1 is 0.941 bits per heavy atom. The predicted octanol–water partition coefficient (Wildman–Crippen LogP) is 3.86. The van der Waals surface area contributed by atoms with Gasteiger partial charge in [-0.1, -0.05) is 36.4 Å². The molecule has 0 aromatic heterocycles. The van der Waals surface area contributed by atoms with Gasteiger partial charge in [-0.2, -0.15) is 8.78 Å². The summed E-state index contributed by atoms with van der Waals surface area (Å²) in [7, 11) is 0. The highest BCUT2D eigenvalue weighted by Crippen LogP contribution is 2.41. The summed E-state index contributed by atoms with van der Waals surface area (Å²) in [5, 5.41) is 0. The van der Waals surface area contributed by atoms with Gasteiger partial charge in [-0.3, -0.25) is 0 Å². The van der Waals surface area contributed by atoms with Gasteiger partial charge in [0.05, 0.1) is 0 Å². The number of benzene rings is 2. The first-order valence-corrected chi connectivity index (χ1v) is 5.40. The molecule has 1 nitrogen and oxygen atoms in total. The SMILES string of the molecule is FC(F)Oc1cccc2c1Cc1ccccc1-2. The molecule has 17 heavy (non-hydrogen) atoms. The fourth-order valence-corrected chi connectivity index (χ4v) is 2.33. The van der Waals surface area contributed by atoms with Crippen LogP contribution in [0.5, 0.6) is 5.75 Å². The van der Waals surface area contributed by atoms with Crippen LogP contribution in [0.15, 0.2) is 42.5 Å². The third-order valence-corrected chi connectivity index (χ3v) is 3.02. The number of ether oxygens (including phenoxy) is 1. The van der Waals surface area contributed by atoms with Gasteiger partial charge < -0.3 is 4.74 Å². The lowest BCUT2D eigenvalue weighted by atomic mass is 10.1. The summed E-state index contributed by atoms with van der Waals surface area (Å²) in [5.41, 5.74) is 4.13. The lowest BCUT2D eigenvalue weighted by Crippen LogP contribution is -2.03. The summed E-state index contributed by atoms with van der Waals surface area (Å²) < 4.78 is 29.1. The van der Waals surface area contributed by atoms with E-state index in [1.165, 1.54) is 0 Å². The van der Waals surface area contributed by atoms with Crippen molar-refractivity contribution in [3.05, 3.63) is 53.6 Å². The number of rotatable bonds is 2. The van der Waals surface area contributed by atoms with Crippen molar-refractivity contribution in [2.24, 2.45) is 0 Å². The molecule has 0 atom stereocenters. The van der Waals surface area contributed by atoms with Crippen molar-refractivity contribution in [2.75, 3.05) is 0 Å². The quantitative estimate of drug-likeness (QED) is 0.652. The van der Waals surface area contributed by atoms with E-state index in [1.54, 1.807) is 12.1 Å². The summed E-state index contributed by atoms with van der Waals surface area (Å²) >= 11 is 0. The first kappa shape index (κ1) is 10.3. The van der Waals surface area contributed by atoms with E-state index < -0.39 is 6.61 Å². The van der Waals surface area contributed by atoms with E-state index in [-0.39, 0.29) is 5.75 Å². The highest BCUT2D eigenvalue weighted by molar-refractivity contribution is 5.78. The molecule has 1 aliphatic carbocycles. The lowest BCUT2D eigenvalue weighted by molar-refractivity contribution is -0.0503. The molecule has 0 aliphatic heterocycles. The van der Waals surface area contributed by atoms with Crippen LogP contribution < -0.4 is 4.74 Å². The van der Waals surface area contributed by atoms with Crippen molar-refractivity contribution >= 4 is 0 Å². The molecule has 0 radical (unpaired) electrons. The second-order valence-electron chi connectivity index (χ2n) is 3.99.